The number of benzene rings is 1. The highest BCUT2D eigenvalue weighted by Crippen LogP contribution is 2.19. The number of aliphatic hydroxyl groups is 1. The third-order valence-corrected chi connectivity index (χ3v) is 3.17. The first-order valence-corrected chi connectivity index (χ1v) is 7.17. The summed E-state index contributed by atoms with van der Waals surface area (Å²) in [7, 11) is 1.62. The molecule has 0 fully saturated rings. The van der Waals surface area contributed by atoms with Crippen LogP contribution in [-0.2, 0) is 0 Å². The van der Waals surface area contributed by atoms with Gasteiger partial charge in [-0.05, 0) is 32.4 Å². The van der Waals surface area contributed by atoms with Gasteiger partial charge in [0.25, 0.3) is 0 Å². The maximum absolute atomic E-state index is 9.95. The summed E-state index contributed by atoms with van der Waals surface area (Å²) in [6.07, 6.45) is 1.67. The van der Waals surface area contributed by atoms with E-state index >= 15 is 0 Å². The molecule has 1 atom stereocenters. The first-order chi connectivity index (χ1) is 9.46. The standard InChI is InChI=1S/C16H27NO3/c1-5-9-16(2,3)17-11-13(18)12-20-15-8-6-7-14(10-15)19-4/h6-8,10,13,17-18H,5,9,11-12H2,1-4H3. The SMILES string of the molecule is CCCC(C)(C)NCC(O)COc1cccc(OC)c1. The summed E-state index contributed by atoms with van der Waals surface area (Å²) in [4.78, 5) is 0. The third kappa shape index (κ3) is 6.26. The Bertz CT molecular complexity index is 393. The quantitative estimate of drug-likeness (QED) is 0.730. The largest absolute Gasteiger partial charge is 0.497 e. The molecule has 4 heteroatoms. The van der Waals surface area contributed by atoms with Gasteiger partial charge < -0.3 is 19.9 Å². The molecule has 0 aromatic heterocycles. The van der Waals surface area contributed by atoms with Crippen LogP contribution < -0.4 is 14.8 Å². The van der Waals surface area contributed by atoms with Crippen molar-refractivity contribution >= 4 is 0 Å². The fourth-order valence-electron chi connectivity index (χ4n) is 2.05. The number of hydrogen-bond acceptors (Lipinski definition) is 4. The van der Waals surface area contributed by atoms with Crippen LogP contribution in [0, 0.1) is 0 Å². The Kier molecular flexibility index (Phi) is 6.82. The van der Waals surface area contributed by atoms with Crippen molar-refractivity contribution in [3.8, 4) is 11.5 Å². The lowest BCUT2D eigenvalue weighted by molar-refractivity contribution is 0.0979. The Balaban J connectivity index is 2.34. The number of rotatable bonds is 9. The molecule has 0 aliphatic heterocycles. The number of nitrogens with one attached hydrogen (secondary N) is 1. The average molecular weight is 281 g/mol. The topological polar surface area (TPSA) is 50.7 Å². The summed E-state index contributed by atoms with van der Waals surface area (Å²) in [5, 5.41) is 13.3. The normalized spacial score (nSPS) is 13.1. The van der Waals surface area contributed by atoms with Crippen molar-refractivity contribution in [1.29, 1.82) is 0 Å². The van der Waals surface area contributed by atoms with Gasteiger partial charge in [-0.2, -0.15) is 0 Å². The number of methoxy groups -OCH3 is 1. The predicted octanol–water partition coefficient (Wildman–Crippen LogP) is 2.60. The summed E-state index contributed by atoms with van der Waals surface area (Å²) < 4.78 is 10.7. The highest BCUT2D eigenvalue weighted by Gasteiger charge is 2.17. The van der Waals surface area contributed by atoms with Crippen molar-refractivity contribution in [2.75, 3.05) is 20.3 Å². The number of aliphatic hydroxyl groups excluding tert-OH is 1. The van der Waals surface area contributed by atoms with Gasteiger partial charge in [-0.25, -0.2) is 0 Å². The van der Waals surface area contributed by atoms with E-state index in [1.54, 1.807) is 13.2 Å². The molecule has 114 valence electrons. The fraction of sp³-hybridized carbons (Fsp3) is 0.625. The van der Waals surface area contributed by atoms with Crippen LogP contribution in [0.3, 0.4) is 0 Å². The molecule has 0 saturated heterocycles. The Morgan fingerprint density at radius 2 is 2.00 bits per heavy atom. The predicted molar refractivity (Wildman–Crippen MR) is 81.5 cm³/mol. The molecule has 1 aromatic carbocycles. The highest BCUT2D eigenvalue weighted by molar-refractivity contribution is 5.32. The molecular formula is C16H27NO3. The smallest absolute Gasteiger partial charge is 0.123 e. The minimum Gasteiger partial charge on any atom is -0.497 e. The van der Waals surface area contributed by atoms with Crippen LogP contribution in [0.2, 0.25) is 0 Å². The molecule has 0 bridgehead atoms. The number of β-amino-alcohol motifs (C(OH)–C–C–N with tert-alkyl or cyclic N) is 1. The molecule has 0 aliphatic rings. The zero-order valence-corrected chi connectivity index (χ0v) is 13.0. The van der Waals surface area contributed by atoms with Crippen LogP contribution in [0.1, 0.15) is 33.6 Å². The van der Waals surface area contributed by atoms with Gasteiger partial charge in [-0.1, -0.05) is 19.4 Å². The van der Waals surface area contributed by atoms with Crippen LogP contribution in [0.5, 0.6) is 11.5 Å². The van der Waals surface area contributed by atoms with E-state index in [0.29, 0.717) is 12.3 Å². The molecule has 4 nitrogen and oxygen atoms in total. The number of hydrogen-bond donors (Lipinski definition) is 2. The molecule has 20 heavy (non-hydrogen) atoms. The van der Waals surface area contributed by atoms with Gasteiger partial charge in [-0.15, -0.1) is 0 Å². The molecule has 1 rings (SSSR count). The molecule has 0 heterocycles. The molecule has 0 aliphatic carbocycles. The van der Waals surface area contributed by atoms with Gasteiger partial charge >= 0.3 is 0 Å². The summed E-state index contributed by atoms with van der Waals surface area (Å²) in [5.74, 6) is 1.45. The Morgan fingerprint density at radius 3 is 2.65 bits per heavy atom. The van der Waals surface area contributed by atoms with E-state index in [-0.39, 0.29) is 12.1 Å². The Hall–Kier alpha value is -1.26. The lowest BCUT2D eigenvalue weighted by Gasteiger charge is -2.27. The van der Waals surface area contributed by atoms with Crippen molar-refractivity contribution in [3.63, 3.8) is 0 Å². The Labute approximate surface area is 122 Å². The second-order valence-electron chi connectivity index (χ2n) is 5.66. The van der Waals surface area contributed by atoms with Crippen molar-refractivity contribution in [2.24, 2.45) is 0 Å². The van der Waals surface area contributed by atoms with Gasteiger partial charge in [0.05, 0.1) is 7.11 Å². The molecule has 0 amide bonds. The third-order valence-electron chi connectivity index (χ3n) is 3.17. The van der Waals surface area contributed by atoms with E-state index in [2.05, 4.69) is 26.1 Å². The van der Waals surface area contributed by atoms with Crippen LogP contribution in [0.25, 0.3) is 0 Å². The van der Waals surface area contributed by atoms with Crippen LogP contribution in [0.4, 0.5) is 0 Å². The molecule has 0 saturated carbocycles. The van der Waals surface area contributed by atoms with Crippen LogP contribution in [0.15, 0.2) is 24.3 Å². The van der Waals surface area contributed by atoms with E-state index in [1.807, 2.05) is 18.2 Å². The fourth-order valence-corrected chi connectivity index (χ4v) is 2.05. The van der Waals surface area contributed by atoms with E-state index in [1.165, 1.54) is 0 Å². The van der Waals surface area contributed by atoms with Crippen LogP contribution in [-0.4, -0.2) is 37.0 Å². The van der Waals surface area contributed by atoms with E-state index in [9.17, 15) is 5.11 Å². The molecular weight excluding hydrogens is 254 g/mol. The summed E-state index contributed by atoms with van der Waals surface area (Å²) in [6.45, 7) is 7.24. The van der Waals surface area contributed by atoms with Crippen molar-refractivity contribution in [3.05, 3.63) is 24.3 Å². The summed E-state index contributed by atoms with van der Waals surface area (Å²) in [5.41, 5.74) is 0.0473. The molecule has 0 radical (unpaired) electrons. The summed E-state index contributed by atoms with van der Waals surface area (Å²) in [6, 6.07) is 7.38. The zero-order valence-electron chi connectivity index (χ0n) is 13.0. The van der Waals surface area contributed by atoms with Crippen LogP contribution >= 0.6 is 0 Å². The van der Waals surface area contributed by atoms with E-state index in [0.717, 1.165) is 18.6 Å². The van der Waals surface area contributed by atoms with Gasteiger partial charge in [0.15, 0.2) is 0 Å². The second-order valence-corrected chi connectivity index (χ2v) is 5.66. The van der Waals surface area contributed by atoms with Gasteiger partial charge in [-0.3, -0.25) is 0 Å². The molecule has 1 unspecified atom stereocenters. The molecule has 0 spiro atoms. The van der Waals surface area contributed by atoms with Gasteiger partial charge in [0.1, 0.15) is 24.2 Å². The van der Waals surface area contributed by atoms with Gasteiger partial charge in [0.2, 0.25) is 0 Å². The first kappa shape index (κ1) is 16.8. The van der Waals surface area contributed by atoms with Crippen molar-refractivity contribution < 1.29 is 14.6 Å². The second kappa shape index (κ2) is 8.12. The molecule has 1 aromatic rings. The maximum atomic E-state index is 9.95. The minimum absolute atomic E-state index is 0.0473. The maximum Gasteiger partial charge on any atom is 0.123 e. The van der Waals surface area contributed by atoms with Gasteiger partial charge in [0, 0.05) is 18.2 Å². The number of ether oxygens (including phenoxy) is 2. The summed E-state index contributed by atoms with van der Waals surface area (Å²) >= 11 is 0. The van der Waals surface area contributed by atoms with E-state index < -0.39 is 6.10 Å². The monoisotopic (exact) mass is 281 g/mol. The van der Waals surface area contributed by atoms with E-state index in [4.69, 9.17) is 9.47 Å². The zero-order chi connectivity index (χ0) is 15.0. The lowest BCUT2D eigenvalue weighted by Crippen LogP contribution is -2.44. The minimum atomic E-state index is -0.530. The highest BCUT2D eigenvalue weighted by atomic mass is 16.5. The van der Waals surface area contributed by atoms with Crippen molar-refractivity contribution in [1.82, 2.24) is 5.32 Å². The molecule has 2 N–H and O–H groups in total. The first-order valence-electron chi connectivity index (χ1n) is 7.17. The Morgan fingerprint density at radius 1 is 1.30 bits per heavy atom. The van der Waals surface area contributed by atoms with Crippen molar-refractivity contribution in [2.45, 2.75) is 45.3 Å². The average Bonchev–Trinajstić information content (AvgIpc) is 2.43. The lowest BCUT2D eigenvalue weighted by atomic mass is 9.99.